The van der Waals surface area contributed by atoms with Crippen molar-refractivity contribution in [3.8, 4) is 0 Å². The Labute approximate surface area is 127 Å². The molecule has 1 aromatic rings. The highest BCUT2D eigenvalue weighted by atomic mass is 16.3. The van der Waals surface area contributed by atoms with Crippen molar-refractivity contribution in [3.05, 3.63) is 35.9 Å². The summed E-state index contributed by atoms with van der Waals surface area (Å²) in [5.41, 5.74) is 1.09. The van der Waals surface area contributed by atoms with E-state index in [1.807, 2.05) is 30.3 Å². The van der Waals surface area contributed by atoms with Crippen LogP contribution < -0.4 is 5.32 Å². The molecule has 116 valence electrons. The first-order valence-corrected chi connectivity index (χ1v) is 8.12. The van der Waals surface area contributed by atoms with E-state index in [9.17, 15) is 9.90 Å². The second kappa shape index (κ2) is 7.60. The Hall–Kier alpha value is -1.35. The van der Waals surface area contributed by atoms with Crippen LogP contribution in [0.25, 0.3) is 0 Å². The van der Waals surface area contributed by atoms with E-state index in [-0.39, 0.29) is 17.9 Å². The maximum Gasteiger partial charge on any atom is 0.227 e. The van der Waals surface area contributed by atoms with Gasteiger partial charge in [-0.2, -0.15) is 0 Å². The fraction of sp³-hybridized carbons (Fsp3) is 0.611. The van der Waals surface area contributed by atoms with E-state index in [1.54, 1.807) is 0 Å². The minimum absolute atomic E-state index is 0.0810. The molecule has 21 heavy (non-hydrogen) atoms. The molecule has 2 N–H and O–H groups in total. The summed E-state index contributed by atoms with van der Waals surface area (Å²) in [4.78, 5) is 12.6. The van der Waals surface area contributed by atoms with Crippen molar-refractivity contribution in [1.29, 1.82) is 0 Å². The number of aliphatic hydroxyl groups excluding tert-OH is 1. The first-order chi connectivity index (χ1) is 10.1. The largest absolute Gasteiger partial charge is 0.393 e. The highest BCUT2D eigenvalue weighted by Crippen LogP contribution is 2.28. The quantitative estimate of drug-likeness (QED) is 0.845. The SMILES string of the molecule is CCC(C)C(C(=O)NCC1CCC(O)C1)c1ccccc1. The molecule has 0 spiro atoms. The molecule has 3 nitrogen and oxygen atoms in total. The Kier molecular flexibility index (Phi) is 5.80. The van der Waals surface area contributed by atoms with Crippen LogP contribution in [0, 0.1) is 11.8 Å². The minimum Gasteiger partial charge on any atom is -0.393 e. The summed E-state index contributed by atoms with van der Waals surface area (Å²) in [5, 5.41) is 12.7. The van der Waals surface area contributed by atoms with Crippen LogP contribution >= 0.6 is 0 Å². The van der Waals surface area contributed by atoms with Gasteiger partial charge < -0.3 is 10.4 Å². The predicted octanol–water partition coefficient (Wildman–Crippen LogP) is 3.09. The number of carbonyl (C=O) groups is 1. The zero-order valence-electron chi connectivity index (χ0n) is 13.1. The lowest BCUT2D eigenvalue weighted by Gasteiger charge is -2.23. The van der Waals surface area contributed by atoms with Gasteiger partial charge in [0.15, 0.2) is 0 Å². The van der Waals surface area contributed by atoms with Gasteiger partial charge in [0.1, 0.15) is 0 Å². The molecule has 0 aliphatic heterocycles. The Balaban J connectivity index is 1.98. The molecule has 0 bridgehead atoms. The smallest absolute Gasteiger partial charge is 0.227 e. The zero-order valence-corrected chi connectivity index (χ0v) is 13.1. The topological polar surface area (TPSA) is 49.3 Å². The molecule has 0 radical (unpaired) electrons. The third-order valence-electron chi connectivity index (χ3n) is 4.73. The number of rotatable bonds is 6. The van der Waals surface area contributed by atoms with E-state index >= 15 is 0 Å². The first-order valence-electron chi connectivity index (χ1n) is 8.12. The van der Waals surface area contributed by atoms with Gasteiger partial charge in [-0.1, -0.05) is 50.6 Å². The van der Waals surface area contributed by atoms with E-state index in [1.165, 1.54) is 0 Å². The number of carbonyl (C=O) groups excluding carboxylic acids is 1. The molecule has 0 aromatic heterocycles. The number of amides is 1. The van der Waals surface area contributed by atoms with Crippen molar-refractivity contribution >= 4 is 5.91 Å². The van der Waals surface area contributed by atoms with Crippen molar-refractivity contribution in [1.82, 2.24) is 5.32 Å². The van der Waals surface area contributed by atoms with Gasteiger partial charge >= 0.3 is 0 Å². The van der Waals surface area contributed by atoms with E-state index in [0.29, 0.717) is 18.4 Å². The molecule has 1 saturated carbocycles. The number of hydrogen-bond donors (Lipinski definition) is 2. The Bertz CT molecular complexity index is 446. The summed E-state index contributed by atoms with van der Waals surface area (Å²) in [5.74, 6) is 0.790. The van der Waals surface area contributed by atoms with Crippen molar-refractivity contribution in [2.24, 2.45) is 11.8 Å². The molecule has 4 atom stereocenters. The van der Waals surface area contributed by atoms with Crippen LogP contribution in [0.2, 0.25) is 0 Å². The maximum atomic E-state index is 12.6. The van der Waals surface area contributed by atoms with Crippen molar-refractivity contribution < 1.29 is 9.90 Å². The third-order valence-corrected chi connectivity index (χ3v) is 4.73. The molecule has 1 aliphatic carbocycles. The molecular formula is C18H27NO2. The molecule has 0 saturated heterocycles. The normalized spacial score (nSPS) is 24.5. The minimum atomic E-state index is -0.175. The highest BCUT2D eigenvalue weighted by molar-refractivity contribution is 5.83. The zero-order chi connectivity index (χ0) is 15.2. The van der Waals surface area contributed by atoms with Gasteiger partial charge in [0.2, 0.25) is 5.91 Å². The van der Waals surface area contributed by atoms with Crippen LogP contribution in [0.3, 0.4) is 0 Å². The average Bonchev–Trinajstić information content (AvgIpc) is 2.92. The fourth-order valence-electron chi connectivity index (χ4n) is 3.22. The summed E-state index contributed by atoms with van der Waals surface area (Å²) < 4.78 is 0. The second-order valence-corrected chi connectivity index (χ2v) is 6.35. The van der Waals surface area contributed by atoms with Gasteiger partial charge in [-0.3, -0.25) is 4.79 Å². The highest BCUT2D eigenvalue weighted by Gasteiger charge is 2.28. The van der Waals surface area contributed by atoms with Crippen molar-refractivity contribution in [2.45, 2.75) is 51.6 Å². The van der Waals surface area contributed by atoms with Crippen LogP contribution in [0.1, 0.15) is 51.0 Å². The van der Waals surface area contributed by atoms with Gasteiger partial charge in [0.05, 0.1) is 12.0 Å². The standard InChI is InChI=1S/C18H27NO2/c1-3-13(2)17(15-7-5-4-6-8-15)18(21)19-12-14-9-10-16(20)11-14/h4-8,13-14,16-17,20H,3,9-12H2,1-2H3,(H,19,21). The van der Waals surface area contributed by atoms with Crippen molar-refractivity contribution in [2.75, 3.05) is 6.54 Å². The predicted molar refractivity (Wildman–Crippen MR) is 85.0 cm³/mol. The average molecular weight is 289 g/mol. The maximum absolute atomic E-state index is 12.6. The van der Waals surface area contributed by atoms with Gasteiger partial charge in [-0.05, 0) is 36.7 Å². The van der Waals surface area contributed by atoms with E-state index < -0.39 is 0 Å². The summed E-state index contributed by atoms with van der Waals surface area (Å²) in [6.45, 7) is 4.95. The molecule has 0 heterocycles. The van der Waals surface area contributed by atoms with Crippen LogP contribution in [0.5, 0.6) is 0 Å². The van der Waals surface area contributed by atoms with Crippen LogP contribution in [-0.2, 0) is 4.79 Å². The second-order valence-electron chi connectivity index (χ2n) is 6.35. The molecule has 4 unspecified atom stereocenters. The fourth-order valence-corrected chi connectivity index (χ4v) is 3.22. The van der Waals surface area contributed by atoms with Crippen LogP contribution in [0.4, 0.5) is 0 Å². The van der Waals surface area contributed by atoms with Gasteiger partial charge in [0.25, 0.3) is 0 Å². The van der Waals surface area contributed by atoms with Gasteiger partial charge in [0, 0.05) is 6.54 Å². The van der Waals surface area contributed by atoms with Crippen molar-refractivity contribution in [3.63, 3.8) is 0 Å². The molecule has 1 aromatic carbocycles. The number of benzene rings is 1. The lowest BCUT2D eigenvalue weighted by atomic mass is 9.85. The lowest BCUT2D eigenvalue weighted by Crippen LogP contribution is -2.35. The Morgan fingerprint density at radius 1 is 1.33 bits per heavy atom. The third kappa shape index (κ3) is 4.31. The van der Waals surface area contributed by atoms with E-state index in [4.69, 9.17) is 0 Å². The number of hydrogen-bond acceptors (Lipinski definition) is 2. The summed E-state index contributed by atoms with van der Waals surface area (Å²) in [7, 11) is 0. The Morgan fingerprint density at radius 3 is 2.62 bits per heavy atom. The molecule has 1 amide bonds. The lowest BCUT2D eigenvalue weighted by molar-refractivity contribution is -0.123. The van der Waals surface area contributed by atoms with E-state index in [2.05, 4.69) is 19.2 Å². The Morgan fingerprint density at radius 2 is 2.05 bits per heavy atom. The molecule has 1 aliphatic rings. The summed E-state index contributed by atoms with van der Waals surface area (Å²) >= 11 is 0. The van der Waals surface area contributed by atoms with Gasteiger partial charge in [-0.25, -0.2) is 0 Å². The molecule has 2 rings (SSSR count). The monoisotopic (exact) mass is 289 g/mol. The van der Waals surface area contributed by atoms with E-state index in [0.717, 1.165) is 31.2 Å². The number of nitrogens with one attached hydrogen (secondary N) is 1. The molecule has 3 heteroatoms. The summed E-state index contributed by atoms with van der Waals surface area (Å²) in [6.07, 6.45) is 3.51. The number of aliphatic hydroxyl groups is 1. The van der Waals surface area contributed by atoms with Crippen LogP contribution in [-0.4, -0.2) is 23.7 Å². The van der Waals surface area contributed by atoms with Crippen LogP contribution in [0.15, 0.2) is 30.3 Å². The van der Waals surface area contributed by atoms with Gasteiger partial charge in [-0.15, -0.1) is 0 Å². The molecule has 1 fully saturated rings. The summed E-state index contributed by atoms with van der Waals surface area (Å²) in [6, 6.07) is 10.0. The first kappa shape index (κ1) is 16.0. The molecular weight excluding hydrogens is 262 g/mol.